The molecule has 1 rings (SSSR count). The van der Waals surface area contributed by atoms with Gasteiger partial charge in [-0.25, -0.2) is 0 Å². The van der Waals surface area contributed by atoms with E-state index in [9.17, 15) is 0 Å². The van der Waals surface area contributed by atoms with Gasteiger partial charge in [0.1, 0.15) is 0 Å². The van der Waals surface area contributed by atoms with Crippen LogP contribution in [0.2, 0.25) is 0 Å². The van der Waals surface area contributed by atoms with Crippen molar-refractivity contribution in [2.75, 3.05) is 5.73 Å². The third-order valence-corrected chi connectivity index (χ3v) is 2.50. The van der Waals surface area contributed by atoms with Crippen molar-refractivity contribution in [1.82, 2.24) is 0 Å². The van der Waals surface area contributed by atoms with Crippen molar-refractivity contribution >= 4 is 17.4 Å². The normalized spacial score (nSPS) is 12.4. The van der Waals surface area contributed by atoms with Crippen LogP contribution >= 0.6 is 11.8 Å². The highest BCUT2D eigenvalue weighted by Crippen LogP contribution is 2.26. The van der Waals surface area contributed by atoms with Gasteiger partial charge < -0.3 is 11.5 Å². The molecule has 0 spiro atoms. The topological polar surface area (TPSA) is 52.0 Å². The molecule has 0 amide bonds. The fourth-order valence-corrected chi connectivity index (χ4v) is 1.53. The second-order valence-electron chi connectivity index (χ2n) is 2.36. The molecular formula is C9H12N2S. The highest BCUT2D eigenvalue weighted by molar-refractivity contribution is 8.00. The van der Waals surface area contributed by atoms with Gasteiger partial charge in [0.2, 0.25) is 0 Å². The lowest BCUT2D eigenvalue weighted by atomic mass is 10.3. The first-order valence-electron chi connectivity index (χ1n) is 3.63. The molecule has 0 fully saturated rings. The third-order valence-electron chi connectivity index (χ3n) is 1.41. The molecule has 3 heteroatoms. The lowest BCUT2D eigenvalue weighted by Crippen LogP contribution is -2.10. The zero-order valence-electron chi connectivity index (χ0n) is 6.73. The number of hydrogen-bond donors (Lipinski definition) is 2. The molecule has 0 aliphatic heterocycles. The van der Waals surface area contributed by atoms with Gasteiger partial charge in [0.25, 0.3) is 0 Å². The van der Waals surface area contributed by atoms with Gasteiger partial charge in [-0.05, 0) is 12.1 Å². The SMILES string of the molecule is C=CC(N)Sc1ccccc1N. The summed E-state index contributed by atoms with van der Waals surface area (Å²) in [6.45, 7) is 3.60. The smallest absolute Gasteiger partial charge is 0.0739 e. The second kappa shape index (κ2) is 4.18. The van der Waals surface area contributed by atoms with Crippen LogP contribution in [0.4, 0.5) is 5.69 Å². The van der Waals surface area contributed by atoms with Gasteiger partial charge in [-0.1, -0.05) is 18.2 Å². The Hall–Kier alpha value is -0.930. The van der Waals surface area contributed by atoms with Gasteiger partial charge in [0.05, 0.1) is 5.37 Å². The standard InChI is InChI=1S/C9H12N2S/c1-2-9(11)12-8-6-4-3-5-7(8)10/h2-6,9H,1,10-11H2. The van der Waals surface area contributed by atoms with E-state index in [2.05, 4.69) is 6.58 Å². The Kier molecular flexibility index (Phi) is 3.19. The van der Waals surface area contributed by atoms with Crippen LogP contribution in [0.1, 0.15) is 0 Å². The number of benzene rings is 1. The summed E-state index contributed by atoms with van der Waals surface area (Å²) in [6, 6.07) is 7.65. The molecule has 1 aromatic rings. The van der Waals surface area contributed by atoms with Gasteiger partial charge in [0.15, 0.2) is 0 Å². The lowest BCUT2D eigenvalue weighted by Gasteiger charge is -2.07. The summed E-state index contributed by atoms with van der Waals surface area (Å²) in [6.07, 6.45) is 1.69. The van der Waals surface area contributed by atoms with E-state index in [0.717, 1.165) is 10.6 Å². The van der Waals surface area contributed by atoms with Crippen LogP contribution in [0, 0.1) is 0 Å². The summed E-state index contributed by atoms with van der Waals surface area (Å²) in [4.78, 5) is 1.00. The number of nitrogen functional groups attached to an aromatic ring is 1. The van der Waals surface area contributed by atoms with Crippen LogP contribution < -0.4 is 11.5 Å². The van der Waals surface area contributed by atoms with Crippen molar-refractivity contribution in [3.05, 3.63) is 36.9 Å². The molecule has 4 N–H and O–H groups in total. The summed E-state index contributed by atoms with van der Waals surface area (Å²) in [5.74, 6) is 0. The van der Waals surface area contributed by atoms with Gasteiger partial charge in [-0.15, -0.1) is 18.3 Å². The van der Waals surface area contributed by atoms with Gasteiger partial charge in [0, 0.05) is 10.6 Å². The van der Waals surface area contributed by atoms with E-state index in [1.54, 1.807) is 6.08 Å². The van der Waals surface area contributed by atoms with Crippen LogP contribution in [0.3, 0.4) is 0 Å². The second-order valence-corrected chi connectivity index (χ2v) is 3.58. The zero-order valence-corrected chi connectivity index (χ0v) is 7.55. The molecule has 0 bridgehead atoms. The van der Waals surface area contributed by atoms with Crippen LogP contribution in [0.15, 0.2) is 41.8 Å². The van der Waals surface area contributed by atoms with Crippen LogP contribution in [0.25, 0.3) is 0 Å². The van der Waals surface area contributed by atoms with Crippen molar-refractivity contribution in [2.24, 2.45) is 5.73 Å². The highest BCUT2D eigenvalue weighted by Gasteiger charge is 2.01. The Morgan fingerprint density at radius 2 is 2.08 bits per heavy atom. The number of para-hydroxylation sites is 1. The maximum atomic E-state index is 5.71. The molecule has 1 aromatic carbocycles. The van der Waals surface area contributed by atoms with E-state index in [1.165, 1.54) is 11.8 Å². The van der Waals surface area contributed by atoms with Gasteiger partial charge >= 0.3 is 0 Å². The van der Waals surface area contributed by atoms with E-state index < -0.39 is 0 Å². The molecule has 64 valence electrons. The third kappa shape index (κ3) is 2.29. The van der Waals surface area contributed by atoms with Crippen molar-refractivity contribution < 1.29 is 0 Å². The maximum absolute atomic E-state index is 5.71. The van der Waals surface area contributed by atoms with Crippen LogP contribution in [-0.4, -0.2) is 5.37 Å². The number of rotatable bonds is 3. The molecule has 12 heavy (non-hydrogen) atoms. The number of anilines is 1. The van der Waals surface area contributed by atoms with E-state index in [1.807, 2.05) is 24.3 Å². The summed E-state index contributed by atoms with van der Waals surface area (Å²) in [5, 5.41) is -0.0882. The van der Waals surface area contributed by atoms with E-state index in [4.69, 9.17) is 11.5 Å². The Morgan fingerprint density at radius 1 is 1.42 bits per heavy atom. The van der Waals surface area contributed by atoms with E-state index >= 15 is 0 Å². The maximum Gasteiger partial charge on any atom is 0.0739 e. The number of nitrogens with two attached hydrogens (primary N) is 2. The molecule has 0 aromatic heterocycles. The average molecular weight is 180 g/mol. The molecular weight excluding hydrogens is 168 g/mol. The quantitative estimate of drug-likeness (QED) is 0.323. The Balaban J connectivity index is 2.75. The minimum absolute atomic E-state index is 0.0882. The lowest BCUT2D eigenvalue weighted by molar-refractivity contribution is 1.16. The predicted molar refractivity (Wildman–Crippen MR) is 54.9 cm³/mol. The number of thioether (sulfide) groups is 1. The first kappa shape index (κ1) is 9.16. The minimum atomic E-state index is -0.0882. The van der Waals surface area contributed by atoms with Crippen molar-refractivity contribution in [1.29, 1.82) is 0 Å². The molecule has 0 radical (unpaired) electrons. The number of hydrogen-bond acceptors (Lipinski definition) is 3. The molecule has 0 saturated carbocycles. The Bertz CT molecular complexity index is 273. The highest BCUT2D eigenvalue weighted by atomic mass is 32.2. The Labute approximate surface area is 76.6 Å². The van der Waals surface area contributed by atoms with Crippen LogP contribution in [-0.2, 0) is 0 Å². The molecule has 1 atom stereocenters. The molecule has 2 nitrogen and oxygen atoms in total. The monoisotopic (exact) mass is 180 g/mol. The first-order valence-corrected chi connectivity index (χ1v) is 4.51. The minimum Gasteiger partial charge on any atom is -0.398 e. The summed E-state index contributed by atoms with van der Waals surface area (Å²) < 4.78 is 0. The average Bonchev–Trinajstić information content (AvgIpc) is 2.09. The zero-order chi connectivity index (χ0) is 8.97. The molecule has 0 aliphatic carbocycles. The molecule has 0 saturated heterocycles. The van der Waals surface area contributed by atoms with Crippen molar-refractivity contribution in [3.8, 4) is 0 Å². The summed E-state index contributed by atoms with van der Waals surface area (Å²) >= 11 is 1.50. The summed E-state index contributed by atoms with van der Waals surface area (Å²) in [7, 11) is 0. The molecule has 1 unspecified atom stereocenters. The van der Waals surface area contributed by atoms with Gasteiger partial charge in [-0.2, -0.15) is 0 Å². The Morgan fingerprint density at radius 3 is 2.67 bits per heavy atom. The van der Waals surface area contributed by atoms with E-state index in [-0.39, 0.29) is 5.37 Å². The van der Waals surface area contributed by atoms with Crippen molar-refractivity contribution in [3.63, 3.8) is 0 Å². The van der Waals surface area contributed by atoms with Gasteiger partial charge in [-0.3, -0.25) is 0 Å². The largest absolute Gasteiger partial charge is 0.398 e. The molecule has 0 heterocycles. The van der Waals surface area contributed by atoms with E-state index in [0.29, 0.717) is 0 Å². The van der Waals surface area contributed by atoms with Crippen LogP contribution in [0.5, 0.6) is 0 Å². The summed E-state index contributed by atoms with van der Waals surface area (Å²) in [5.41, 5.74) is 12.1. The molecule has 0 aliphatic rings. The first-order chi connectivity index (χ1) is 5.74. The fraction of sp³-hybridized carbons (Fsp3) is 0.111. The fourth-order valence-electron chi connectivity index (χ4n) is 0.783. The predicted octanol–water partition coefficient (Wildman–Crippen LogP) is 1.83. The van der Waals surface area contributed by atoms with Crippen molar-refractivity contribution in [2.45, 2.75) is 10.3 Å².